The predicted octanol–water partition coefficient (Wildman–Crippen LogP) is 0.765. The second-order valence-electron chi connectivity index (χ2n) is 5.75. The number of primary amides is 1. The molecule has 0 saturated carbocycles. The summed E-state index contributed by atoms with van der Waals surface area (Å²) in [5, 5.41) is 10.2. The number of aromatic nitrogens is 2. The molecule has 1 aliphatic heterocycles. The Bertz CT molecular complexity index is 718. The molecular formula is C16H19N5O2. The molecule has 1 aromatic heterocycles. The van der Waals surface area contributed by atoms with Crippen molar-refractivity contribution < 1.29 is 9.59 Å². The number of rotatable bonds is 5. The van der Waals surface area contributed by atoms with Crippen molar-refractivity contribution in [2.75, 3.05) is 18.4 Å². The number of anilines is 1. The molecule has 1 saturated heterocycles. The predicted molar refractivity (Wildman–Crippen MR) is 86.2 cm³/mol. The van der Waals surface area contributed by atoms with E-state index in [9.17, 15) is 9.59 Å². The van der Waals surface area contributed by atoms with Crippen molar-refractivity contribution in [2.24, 2.45) is 17.6 Å². The minimum absolute atomic E-state index is 0.0137. The number of amides is 2. The lowest BCUT2D eigenvalue weighted by molar-refractivity contribution is -0.121. The van der Waals surface area contributed by atoms with Crippen LogP contribution in [0.2, 0.25) is 0 Å². The van der Waals surface area contributed by atoms with Gasteiger partial charge in [0.05, 0.1) is 5.69 Å². The molecule has 120 valence electrons. The Labute approximate surface area is 133 Å². The SMILES string of the molecule is CC(C(=O)Nc1ccc(-n2ccc(C(N)=O)n2)cc1)C1CNC1. The molecule has 4 N–H and O–H groups in total. The summed E-state index contributed by atoms with van der Waals surface area (Å²) in [6, 6.07) is 8.83. The van der Waals surface area contributed by atoms with Crippen LogP contribution in [0, 0.1) is 11.8 Å². The van der Waals surface area contributed by atoms with Crippen molar-refractivity contribution in [3.63, 3.8) is 0 Å². The van der Waals surface area contributed by atoms with E-state index in [4.69, 9.17) is 5.73 Å². The topological polar surface area (TPSA) is 102 Å². The maximum Gasteiger partial charge on any atom is 0.269 e. The Morgan fingerprint density at radius 1 is 1.30 bits per heavy atom. The Hall–Kier alpha value is -2.67. The number of carbonyl (C=O) groups excluding carboxylic acids is 2. The Kier molecular flexibility index (Phi) is 4.12. The summed E-state index contributed by atoms with van der Waals surface area (Å²) in [4.78, 5) is 23.2. The minimum atomic E-state index is -0.563. The number of carbonyl (C=O) groups is 2. The minimum Gasteiger partial charge on any atom is -0.364 e. The molecule has 0 bridgehead atoms. The highest BCUT2D eigenvalue weighted by Crippen LogP contribution is 2.19. The molecule has 1 aliphatic rings. The number of benzene rings is 1. The average molecular weight is 313 g/mol. The molecule has 7 heteroatoms. The smallest absolute Gasteiger partial charge is 0.269 e. The highest BCUT2D eigenvalue weighted by Gasteiger charge is 2.28. The average Bonchev–Trinajstić information content (AvgIpc) is 2.96. The molecule has 0 radical (unpaired) electrons. The maximum absolute atomic E-state index is 12.2. The molecule has 7 nitrogen and oxygen atoms in total. The van der Waals surface area contributed by atoms with Crippen molar-refractivity contribution >= 4 is 17.5 Å². The van der Waals surface area contributed by atoms with Gasteiger partial charge in [-0.15, -0.1) is 0 Å². The van der Waals surface area contributed by atoms with Gasteiger partial charge >= 0.3 is 0 Å². The molecule has 1 aromatic carbocycles. The number of hydrogen-bond acceptors (Lipinski definition) is 4. The summed E-state index contributed by atoms with van der Waals surface area (Å²) in [5.41, 5.74) is 6.92. The van der Waals surface area contributed by atoms with Crippen LogP contribution in [0.3, 0.4) is 0 Å². The molecule has 0 aliphatic carbocycles. The van der Waals surface area contributed by atoms with Gasteiger partial charge in [-0.3, -0.25) is 9.59 Å². The lowest BCUT2D eigenvalue weighted by Gasteiger charge is -2.31. The zero-order valence-corrected chi connectivity index (χ0v) is 12.8. The second-order valence-corrected chi connectivity index (χ2v) is 5.75. The van der Waals surface area contributed by atoms with Gasteiger partial charge in [-0.1, -0.05) is 6.92 Å². The van der Waals surface area contributed by atoms with E-state index in [1.165, 1.54) is 0 Å². The van der Waals surface area contributed by atoms with E-state index in [0.717, 1.165) is 24.5 Å². The van der Waals surface area contributed by atoms with E-state index in [-0.39, 0.29) is 17.5 Å². The molecule has 1 unspecified atom stereocenters. The summed E-state index contributed by atoms with van der Waals surface area (Å²) >= 11 is 0. The van der Waals surface area contributed by atoms with Crippen LogP contribution >= 0.6 is 0 Å². The maximum atomic E-state index is 12.2. The van der Waals surface area contributed by atoms with Crippen molar-refractivity contribution in [2.45, 2.75) is 6.92 Å². The van der Waals surface area contributed by atoms with Gasteiger partial charge in [0, 0.05) is 17.8 Å². The fourth-order valence-electron chi connectivity index (χ4n) is 2.43. The summed E-state index contributed by atoms with van der Waals surface area (Å²) in [6.07, 6.45) is 1.67. The van der Waals surface area contributed by atoms with Crippen LogP contribution in [0.15, 0.2) is 36.5 Å². The van der Waals surface area contributed by atoms with Gasteiger partial charge in [0.25, 0.3) is 5.91 Å². The first-order valence-electron chi connectivity index (χ1n) is 7.52. The van der Waals surface area contributed by atoms with Gasteiger partial charge in [-0.25, -0.2) is 4.68 Å². The Morgan fingerprint density at radius 3 is 2.52 bits per heavy atom. The van der Waals surface area contributed by atoms with Crippen LogP contribution in [0.4, 0.5) is 5.69 Å². The Morgan fingerprint density at radius 2 is 2.00 bits per heavy atom. The van der Waals surface area contributed by atoms with Crippen molar-refractivity contribution in [1.29, 1.82) is 0 Å². The molecule has 2 heterocycles. The van der Waals surface area contributed by atoms with E-state index in [1.807, 2.05) is 31.2 Å². The van der Waals surface area contributed by atoms with Gasteiger partial charge in [-0.2, -0.15) is 5.10 Å². The summed E-state index contributed by atoms with van der Waals surface area (Å²) in [6.45, 7) is 3.74. The first-order valence-corrected chi connectivity index (χ1v) is 7.52. The lowest BCUT2D eigenvalue weighted by Crippen LogP contribution is -2.48. The second kappa shape index (κ2) is 6.21. The Balaban J connectivity index is 1.66. The summed E-state index contributed by atoms with van der Waals surface area (Å²) in [5.74, 6) is -0.141. The largest absolute Gasteiger partial charge is 0.364 e. The van der Waals surface area contributed by atoms with Gasteiger partial charge in [0.1, 0.15) is 5.69 Å². The van der Waals surface area contributed by atoms with E-state index in [0.29, 0.717) is 5.92 Å². The van der Waals surface area contributed by atoms with Crippen LogP contribution in [-0.4, -0.2) is 34.7 Å². The quantitative estimate of drug-likeness (QED) is 0.758. The number of hydrogen-bond donors (Lipinski definition) is 3. The van der Waals surface area contributed by atoms with Gasteiger partial charge in [-0.05, 0) is 49.3 Å². The molecule has 23 heavy (non-hydrogen) atoms. The summed E-state index contributed by atoms with van der Waals surface area (Å²) in [7, 11) is 0. The fourth-order valence-corrected chi connectivity index (χ4v) is 2.43. The monoisotopic (exact) mass is 313 g/mol. The zero-order chi connectivity index (χ0) is 16.4. The third kappa shape index (κ3) is 3.24. The molecular weight excluding hydrogens is 294 g/mol. The number of nitrogens with zero attached hydrogens (tertiary/aromatic N) is 2. The van der Waals surface area contributed by atoms with Gasteiger partial charge in [0.15, 0.2) is 0 Å². The lowest BCUT2D eigenvalue weighted by atomic mass is 9.88. The number of nitrogens with one attached hydrogen (secondary N) is 2. The molecule has 0 spiro atoms. The highest BCUT2D eigenvalue weighted by atomic mass is 16.2. The van der Waals surface area contributed by atoms with Crippen molar-refractivity contribution in [3.8, 4) is 5.69 Å². The third-order valence-corrected chi connectivity index (χ3v) is 4.17. The van der Waals surface area contributed by atoms with Gasteiger partial charge < -0.3 is 16.4 Å². The van der Waals surface area contributed by atoms with E-state index in [1.54, 1.807) is 16.9 Å². The van der Waals surface area contributed by atoms with E-state index in [2.05, 4.69) is 15.7 Å². The molecule has 2 amide bonds. The third-order valence-electron chi connectivity index (χ3n) is 4.17. The van der Waals surface area contributed by atoms with Gasteiger partial charge in [0.2, 0.25) is 5.91 Å². The van der Waals surface area contributed by atoms with Crippen LogP contribution in [0.1, 0.15) is 17.4 Å². The fraction of sp³-hybridized carbons (Fsp3) is 0.312. The molecule has 1 atom stereocenters. The van der Waals surface area contributed by atoms with Crippen LogP contribution in [0.25, 0.3) is 5.69 Å². The highest BCUT2D eigenvalue weighted by molar-refractivity contribution is 5.92. The van der Waals surface area contributed by atoms with Crippen LogP contribution in [-0.2, 0) is 4.79 Å². The molecule has 3 rings (SSSR count). The normalized spacial score (nSPS) is 15.7. The molecule has 1 fully saturated rings. The molecule has 2 aromatic rings. The first kappa shape index (κ1) is 15.2. The standard InChI is InChI=1S/C16H19N5O2/c1-10(11-8-18-9-11)16(23)19-12-2-4-13(5-3-12)21-7-6-14(20-21)15(17)22/h2-7,10-11,18H,8-9H2,1H3,(H2,17,22)(H,19,23). The van der Waals surface area contributed by atoms with Crippen molar-refractivity contribution in [1.82, 2.24) is 15.1 Å². The zero-order valence-electron chi connectivity index (χ0n) is 12.8. The first-order chi connectivity index (χ1) is 11.0. The van der Waals surface area contributed by atoms with E-state index < -0.39 is 5.91 Å². The van der Waals surface area contributed by atoms with E-state index >= 15 is 0 Å². The number of nitrogens with two attached hydrogens (primary N) is 1. The van der Waals surface area contributed by atoms with Crippen LogP contribution in [0.5, 0.6) is 0 Å². The van der Waals surface area contributed by atoms with Crippen LogP contribution < -0.4 is 16.4 Å². The summed E-state index contributed by atoms with van der Waals surface area (Å²) < 4.78 is 1.56. The van der Waals surface area contributed by atoms with Crippen molar-refractivity contribution in [3.05, 3.63) is 42.2 Å².